The first-order valence-corrected chi connectivity index (χ1v) is 6.25. The highest BCUT2D eigenvalue weighted by Gasteiger charge is 2.09. The van der Waals surface area contributed by atoms with Gasteiger partial charge >= 0.3 is 0 Å². The van der Waals surface area contributed by atoms with E-state index in [2.05, 4.69) is 11.2 Å². The molecule has 1 aromatic carbocycles. The average molecular weight is 261 g/mol. The van der Waals surface area contributed by atoms with E-state index in [-0.39, 0.29) is 25.2 Å². The molecule has 0 bridgehead atoms. The number of ether oxygens (including phenoxy) is 1. The molecule has 0 aliphatic carbocycles. The average Bonchev–Trinajstić information content (AvgIpc) is 2.43. The number of carbonyl (C=O) groups excluding carboxylic acids is 1. The summed E-state index contributed by atoms with van der Waals surface area (Å²) in [6.45, 7) is 2.27. The van der Waals surface area contributed by atoms with Crippen LogP contribution in [0.3, 0.4) is 0 Å². The molecule has 0 unspecified atom stereocenters. The van der Waals surface area contributed by atoms with Crippen LogP contribution in [0.2, 0.25) is 0 Å². The maximum atomic E-state index is 11.9. The number of carbonyl (C=O) groups is 1. The molecule has 1 aromatic rings. The molecule has 1 atom stereocenters. The van der Waals surface area contributed by atoms with Gasteiger partial charge in [-0.25, -0.2) is 0 Å². The fraction of sp³-hybridized carbons (Fsp3) is 0.400. The third-order valence-electron chi connectivity index (χ3n) is 2.61. The van der Waals surface area contributed by atoms with Crippen LogP contribution in [-0.2, 0) is 0 Å². The number of hydrogen-bond donors (Lipinski definition) is 2. The fourth-order valence-corrected chi connectivity index (χ4v) is 1.60. The molecule has 0 radical (unpaired) electrons. The van der Waals surface area contributed by atoms with Crippen molar-refractivity contribution in [2.45, 2.75) is 25.8 Å². The highest BCUT2D eigenvalue weighted by atomic mass is 16.5. The summed E-state index contributed by atoms with van der Waals surface area (Å²) in [5.74, 6) is 2.89. The van der Waals surface area contributed by atoms with E-state index >= 15 is 0 Å². The molecule has 4 nitrogen and oxygen atoms in total. The summed E-state index contributed by atoms with van der Waals surface area (Å²) in [6, 6.07) is 6.85. The Morgan fingerprint density at radius 1 is 1.47 bits per heavy atom. The molecule has 102 valence electrons. The van der Waals surface area contributed by atoms with E-state index in [1.165, 1.54) is 0 Å². The second-order valence-corrected chi connectivity index (χ2v) is 4.26. The molecule has 1 rings (SSSR count). The zero-order valence-corrected chi connectivity index (χ0v) is 11.1. The molecule has 19 heavy (non-hydrogen) atoms. The maximum absolute atomic E-state index is 11.9. The Kier molecular flexibility index (Phi) is 6.48. The molecular formula is C15H19NO3. The third-order valence-corrected chi connectivity index (χ3v) is 2.61. The van der Waals surface area contributed by atoms with E-state index < -0.39 is 0 Å². The van der Waals surface area contributed by atoms with Crippen LogP contribution in [0.4, 0.5) is 0 Å². The van der Waals surface area contributed by atoms with E-state index in [9.17, 15) is 4.79 Å². The van der Waals surface area contributed by atoms with Gasteiger partial charge in [-0.15, -0.1) is 6.42 Å². The van der Waals surface area contributed by atoms with E-state index in [0.29, 0.717) is 17.7 Å². The zero-order chi connectivity index (χ0) is 14.1. The van der Waals surface area contributed by atoms with Gasteiger partial charge < -0.3 is 15.2 Å². The van der Waals surface area contributed by atoms with Crippen molar-refractivity contribution in [3.05, 3.63) is 29.8 Å². The van der Waals surface area contributed by atoms with Crippen LogP contribution < -0.4 is 10.1 Å². The van der Waals surface area contributed by atoms with Gasteiger partial charge in [0.25, 0.3) is 5.91 Å². The third kappa shape index (κ3) is 5.45. The molecule has 0 aliphatic rings. The van der Waals surface area contributed by atoms with Crippen LogP contribution in [0.1, 0.15) is 30.1 Å². The largest absolute Gasteiger partial charge is 0.481 e. The summed E-state index contributed by atoms with van der Waals surface area (Å²) in [5.41, 5.74) is 0.573. The number of aliphatic hydroxyl groups is 1. The Morgan fingerprint density at radius 3 is 2.74 bits per heavy atom. The highest BCUT2D eigenvalue weighted by molar-refractivity contribution is 5.94. The van der Waals surface area contributed by atoms with Crippen LogP contribution in [0, 0.1) is 12.3 Å². The SMILES string of the molecule is C#CCOc1ccc(C(=O)N[C@@H](C)CCCO)cc1. The minimum Gasteiger partial charge on any atom is -0.481 e. The van der Waals surface area contributed by atoms with Gasteiger partial charge in [0.2, 0.25) is 0 Å². The number of benzene rings is 1. The summed E-state index contributed by atoms with van der Waals surface area (Å²) < 4.78 is 5.23. The van der Waals surface area contributed by atoms with Crippen LogP contribution in [-0.4, -0.2) is 30.3 Å². The molecule has 4 heteroatoms. The normalized spacial score (nSPS) is 11.4. The smallest absolute Gasteiger partial charge is 0.251 e. The summed E-state index contributed by atoms with van der Waals surface area (Å²) in [7, 11) is 0. The molecule has 0 saturated carbocycles. The number of nitrogens with one attached hydrogen (secondary N) is 1. The second kappa shape index (κ2) is 8.17. The minimum absolute atomic E-state index is 0.0389. The Hall–Kier alpha value is -1.99. The van der Waals surface area contributed by atoms with Crippen molar-refractivity contribution in [1.82, 2.24) is 5.32 Å². The van der Waals surface area contributed by atoms with Crippen molar-refractivity contribution in [3.8, 4) is 18.1 Å². The van der Waals surface area contributed by atoms with Crippen molar-refractivity contribution in [2.24, 2.45) is 0 Å². The van der Waals surface area contributed by atoms with E-state index in [1.54, 1.807) is 24.3 Å². The number of aliphatic hydroxyl groups excluding tert-OH is 1. The first kappa shape index (κ1) is 15.1. The van der Waals surface area contributed by atoms with Crippen molar-refractivity contribution in [1.29, 1.82) is 0 Å². The van der Waals surface area contributed by atoms with Gasteiger partial charge in [0.15, 0.2) is 0 Å². The summed E-state index contributed by atoms with van der Waals surface area (Å²) in [6.07, 6.45) is 6.53. The monoisotopic (exact) mass is 261 g/mol. The number of hydrogen-bond acceptors (Lipinski definition) is 3. The lowest BCUT2D eigenvalue weighted by atomic mass is 10.1. The van der Waals surface area contributed by atoms with Gasteiger partial charge in [0.05, 0.1) is 0 Å². The predicted molar refractivity (Wildman–Crippen MR) is 74.0 cm³/mol. The van der Waals surface area contributed by atoms with Gasteiger partial charge in [0, 0.05) is 18.2 Å². The highest BCUT2D eigenvalue weighted by Crippen LogP contribution is 2.12. The first-order valence-electron chi connectivity index (χ1n) is 6.25. The van der Waals surface area contributed by atoms with E-state index in [1.807, 2.05) is 6.92 Å². The first-order chi connectivity index (χ1) is 9.17. The molecule has 1 amide bonds. The number of rotatable bonds is 7. The second-order valence-electron chi connectivity index (χ2n) is 4.26. The lowest BCUT2D eigenvalue weighted by Gasteiger charge is -2.13. The Labute approximate surface area is 113 Å². The van der Waals surface area contributed by atoms with Crippen LogP contribution in [0.15, 0.2) is 24.3 Å². The standard InChI is InChI=1S/C15H19NO3/c1-3-11-19-14-8-6-13(7-9-14)15(18)16-12(2)5-4-10-17/h1,6-9,12,17H,4-5,10-11H2,2H3,(H,16,18)/t12-/m0/s1. The Morgan fingerprint density at radius 2 is 2.16 bits per heavy atom. The number of amides is 1. The quantitative estimate of drug-likeness (QED) is 0.733. The Balaban J connectivity index is 2.51. The summed E-state index contributed by atoms with van der Waals surface area (Å²) in [4.78, 5) is 11.9. The van der Waals surface area contributed by atoms with E-state index in [4.69, 9.17) is 16.3 Å². The van der Waals surface area contributed by atoms with Gasteiger partial charge in [-0.2, -0.15) is 0 Å². The molecule has 0 fully saturated rings. The van der Waals surface area contributed by atoms with Gasteiger partial charge in [-0.05, 0) is 44.0 Å². The van der Waals surface area contributed by atoms with Crippen LogP contribution in [0.5, 0.6) is 5.75 Å². The van der Waals surface area contributed by atoms with Crippen molar-refractivity contribution < 1.29 is 14.6 Å². The zero-order valence-electron chi connectivity index (χ0n) is 11.1. The molecule has 0 aromatic heterocycles. The van der Waals surface area contributed by atoms with Crippen molar-refractivity contribution in [3.63, 3.8) is 0 Å². The van der Waals surface area contributed by atoms with Crippen LogP contribution in [0.25, 0.3) is 0 Å². The maximum Gasteiger partial charge on any atom is 0.251 e. The van der Waals surface area contributed by atoms with Gasteiger partial charge in [-0.3, -0.25) is 4.79 Å². The predicted octanol–water partition coefficient (Wildman–Crippen LogP) is 1.59. The molecule has 2 N–H and O–H groups in total. The molecule has 0 aliphatic heterocycles. The fourth-order valence-electron chi connectivity index (χ4n) is 1.60. The van der Waals surface area contributed by atoms with Crippen LogP contribution >= 0.6 is 0 Å². The van der Waals surface area contributed by atoms with Gasteiger partial charge in [0.1, 0.15) is 12.4 Å². The topological polar surface area (TPSA) is 58.6 Å². The Bertz CT molecular complexity index is 434. The molecule has 0 spiro atoms. The summed E-state index contributed by atoms with van der Waals surface area (Å²) >= 11 is 0. The summed E-state index contributed by atoms with van der Waals surface area (Å²) in [5, 5.41) is 11.6. The molecule has 0 heterocycles. The molecular weight excluding hydrogens is 242 g/mol. The minimum atomic E-state index is -0.131. The van der Waals surface area contributed by atoms with E-state index in [0.717, 1.165) is 6.42 Å². The molecule has 0 saturated heterocycles. The lowest BCUT2D eigenvalue weighted by molar-refractivity contribution is 0.0936. The lowest BCUT2D eigenvalue weighted by Crippen LogP contribution is -2.32. The van der Waals surface area contributed by atoms with Crippen molar-refractivity contribution in [2.75, 3.05) is 13.2 Å². The number of terminal acetylenes is 1. The van der Waals surface area contributed by atoms with Crippen molar-refractivity contribution >= 4 is 5.91 Å². The van der Waals surface area contributed by atoms with Gasteiger partial charge in [-0.1, -0.05) is 5.92 Å².